The molecule has 108 valence electrons. The molecule has 3 aliphatic rings. The number of amides is 1. The van der Waals surface area contributed by atoms with Crippen LogP contribution in [0.1, 0.15) is 64.2 Å². The van der Waals surface area contributed by atoms with Crippen LogP contribution < -0.4 is 5.73 Å². The number of rotatable bonds is 1. The van der Waals surface area contributed by atoms with Crippen LogP contribution in [0.15, 0.2) is 0 Å². The van der Waals surface area contributed by atoms with Gasteiger partial charge in [0.25, 0.3) is 0 Å². The minimum Gasteiger partial charge on any atom is -0.342 e. The third-order valence-corrected chi connectivity index (χ3v) is 5.87. The van der Waals surface area contributed by atoms with Crippen molar-refractivity contribution < 1.29 is 4.79 Å². The highest BCUT2D eigenvalue weighted by Crippen LogP contribution is 2.44. The predicted octanol–water partition coefficient (Wildman–Crippen LogP) is 2.69. The Labute approximate surface area is 116 Å². The van der Waals surface area contributed by atoms with Crippen LogP contribution in [0.4, 0.5) is 0 Å². The highest BCUT2D eigenvalue weighted by molar-refractivity contribution is 5.79. The van der Waals surface area contributed by atoms with Gasteiger partial charge in [0, 0.05) is 25.0 Å². The minimum atomic E-state index is 0.232. The Balaban J connectivity index is 1.53. The molecule has 1 saturated heterocycles. The average Bonchev–Trinajstić information content (AvgIpc) is 2.87. The number of likely N-dealkylation sites (tertiary alicyclic amines) is 1. The van der Waals surface area contributed by atoms with E-state index < -0.39 is 0 Å². The van der Waals surface area contributed by atoms with E-state index in [2.05, 4.69) is 4.90 Å². The standard InChI is InChI=1S/C16H28N2O/c17-14-5-4-13(12-14)15(19)18-10-8-16(9-11-18)6-2-1-3-7-16/h13-14H,1-12,17H2. The largest absolute Gasteiger partial charge is 0.342 e. The van der Waals surface area contributed by atoms with Crippen LogP contribution in [-0.4, -0.2) is 29.9 Å². The summed E-state index contributed by atoms with van der Waals surface area (Å²) in [5.41, 5.74) is 6.53. The van der Waals surface area contributed by atoms with Gasteiger partial charge in [0.2, 0.25) is 5.91 Å². The zero-order valence-corrected chi connectivity index (χ0v) is 12.1. The van der Waals surface area contributed by atoms with Gasteiger partial charge in [0.15, 0.2) is 0 Å². The molecule has 1 amide bonds. The summed E-state index contributed by atoms with van der Waals surface area (Å²) in [5.74, 6) is 0.633. The Morgan fingerprint density at radius 3 is 2.26 bits per heavy atom. The molecule has 1 heterocycles. The summed E-state index contributed by atoms with van der Waals surface area (Å²) in [5, 5.41) is 0. The molecule has 2 N–H and O–H groups in total. The van der Waals surface area contributed by atoms with Gasteiger partial charge in [-0.3, -0.25) is 4.79 Å². The van der Waals surface area contributed by atoms with Gasteiger partial charge in [-0.1, -0.05) is 19.3 Å². The molecule has 19 heavy (non-hydrogen) atoms. The van der Waals surface area contributed by atoms with Gasteiger partial charge in [-0.25, -0.2) is 0 Å². The molecular formula is C16H28N2O. The predicted molar refractivity (Wildman–Crippen MR) is 76.6 cm³/mol. The topological polar surface area (TPSA) is 46.3 Å². The van der Waals surface area contributed by atoms with Crippen LogP contribution in [-0.2, 0) is 4.79 Å². The Morgan fingerprint density at radius 2 is 1.68 bits per heavy atom. The number of carbonyl (C=O) groups excluding carboxylic acids is 1. The maximum atomic E-state index is 12.5. The lowest BCUT2D eigenvalue weighted by atomic mass is 9.68. The number of hydrogen-bond acceptors (Lipinski definition) is 2. The Bertz CT molecular complexity index is 326. The van der Waals surface area contributed by atoms with Gasteiger partial charge in [-0.15, -0.1) is 0 Å². The molecule has 3 nitrogen and oxygen atoms in total. The van der Waals surface area contributed by atoms with Crippen molar-refractivity contribution in [1.29, 1.82) is 0 Å². The van der Waals surface area contributed by atoms with Crippen molar-refractivity contribution in [2.75, 3.05) is 13.1 Å². The van der Waals surface area contributed by atoms with Gasteiger partial charge in [-0.2, -0.15) is 0 Å². The highest BCUT2D eigenvalue weighted by Gasteiger charge is 2.38. The zero-order valence-electron chi connectivity index (χ0n) is 12.1. The van der Waals surface area contributed by atoms with E-state index in [1.807, 2.05) is 0 Å². The molecule has 0 aromatic heterocycles. The van der Waals surface area contributed by atoms with E-state index in [-0.39, 0.29) is 12.0 Å². The number of hydrogen-bond donors (Lipinski definition) is 1. The highest BCUT2D eigenvalue weighted by atomic mass is 16.2. The van der Waals surface area contributed by atoms with E-state index in [9.17, 15) is 4.79 Å². The third-order valence-electron chi connectivity index (χ3n) is 5.87. The molecule has 3 fully saturated rings. The van der Waals surface area contributed by atoms with Crippen molar-refractivity contribution in [2.24, 2.45) is 17.1 Å². The van der Waals surface area contributed by atoms with Gasteiger partial charge in [0.05, 0.1) is 0 Å². The minimum absolute atomic E-state index is 0.232. The first-order valence-corrected chi connectivity index (χ1v) is 8.23. The van der Waals surface area contributed by atoms with Crippen LogP contribution >= 0.6 is 0 Å². The van der Waals surface area contributed by atoms with Gasteiger partial charge >= 0.3 is 0 Å². The normalized spacial score (nSPS) is 34.7. The molecule has 2 aliphatic carbocycles. The van der Waals surface area contributed by atoms with Crippen molar-refractivity contribution in [3.8, 4) is 0 Å². The molecule has 1 aliphatic heterocycles. The Hall–Kier alpha value is -0.570. The van der Waals surface area contributed by atoms with Crippen molar-refractivity contribution in [3.63, 3.8) is 0 Å². The molecule has 1 spiro atoms. The number of carbonyl (C=O) groups is 1. The Morgan fingerprint density at radius 1 is 1.00 bits per heavy atom. The van der Waals surface area contributed by atoms with Crippen LogP contribution in [0.25, 0.3) is 0 Å². The number of piperidine rings is 1. The molecule has 0 aromatic rings. The Kier molecular flexibility index (Phi) is 3.84. The third kappa shape index (κ3) is 2.81. The summed E-state index contributed by atoms with van der Waals surface area (Å²) in [7, 11) is 0. The maximum Gasteiger partial charge on any atom is 0.225 e. The molecule has 2 unspecified atom stereocenters. The molecule has 2 atom stereocenters. The first kappa shape index (κ1) is 13.4. The quantitative estimate of drug-likeness (QED) is 0.791. The molecule has 0 radical (unpaired) electrons. The van der Waals surface area contributed by atoms with E-state index >= 15 is 0 Å². The van der Waals surface area contributed by atoms with Gasteiger partial charge in [0.1, 0.15) is 0 Å². The summed E-state index contributed by atoms with van der Waals surface area (Å²) in [6.07, 6.45) is 12.5. The SMILES string of the molecule is NC1CCC(C(=O)N2CCC3(CCCCC3)CC2)C1. The molecule has 3 rings (SSSR count). The van der Waals surface area contributed by atoms with Crippen LogP contribution in [0.3, 0.4) is 0 Å². The number of nitrogens with zero attached hydrogens (tertiary/aromatic N) is 1. The molecule has 3 heteroatoms. The maximum absolute atomic E-state index is 12.5. The van der Waals surface area contributed by atoms with Crippen molar-refractivity contribution in [3.05, 3.63) is 0 Å². The zero-order chi connectivity index (χ0) is 13.3. The summed E-state index contributed by atoms with van der Waals surface area (Å²) in [6.45, 7) is 2.01. The summed E-state index contributed by atoms with van der Waals surface area (Å²) >= 11 is 0. The first-order valence-electron chi connectivity index (χ1n) is 8.23. The molecular weight excluding hydrogens is 236 g/mol. The van der Waals surface area contributed by atoms with Gasteiger partial charge in [-0.05, 0) is 50.4 Å². The van der Waals surface area contributed by atoms with Crippen LogP contribution in [0, 0.1) is 11.3 Å². The second-order valence-electron chi connectivity index (χ2n) is 7.16. The smallest absolute Gasteiger partial charge is 0.225 e. The second-order valence-corrected chi connectivity index (χ2v) is 7.16. The fraction of sp³-hybridized carbons (Fsp3) is 0.938. The lowest BCUT2D eigenvalue weighted by Gasteiger charge is -2.44. The lowest BCUT2D eigenvalue weighted by Crippen LogP contribution is -2.45. The number of nitrogens with two attached hydrogens (primary N) is 1. The monoisotopic (exact) mass is 264 g/mol. The average molecular weight is 264 g/mol. The van der Waals surface area contributed by atoms with Crippen LogP contribution in [0.2, 0.25) is 0 Å². The fourth-order valence-electron chi connectivity index (χ4n) is 4.50. The summed E-state index contributed by atoms with van der Waals surface area (Å²) in [4.78, 5) is 14.6. The fourth-order valence-corrected chi connectivity index (χ4v) is 4.50. The van der Waals surface area contributed by atoms with E-state index in [1.165, 1.54) is 44.9 Å². The van der Waals surface area contributed by atoms with Crippen LogP contribution in [0.5, 0.6) is 0 Å². The molecule has 0 bridgehead atoms. The van der Waals surface area contributed by atoms with E-state index in [1.54, 1.807) is 0 Å². The van der Waals surface area contributed by atoms with Crippen molar-refractivity contribution in [1.82, 2.24) is 4.90 Å². The van der Waals surface area contributed by atoms with Gasteiger partial charge < -0.3 is 10.6 Å². The second kappa shape index (κ2) is 5.43. The lowest BCUT2D eigenvalue weighted by molar-refractivity contribution is -0.138. The van der Waals surface area contributed by atoms with E-state index in [0.717, 1.165) is 32.4 Å². The van der Waals surface area contributed by atoms with E-state index in [4.69, 9.17) is 5.73 Å². The summed E-state index contributed by atoms with van der Waals surface area (Å²) < 4.78 is 0. The van der Waals surface area contributed by atoms with Crippen molar-refractivity contribution >= 4 is 5.91 Å². The van der Waals surface area contributed by atoms with E-state index in [0.29, 0.717) is 11.3 Å². The molecule has 0 aromatic carbocycles. The van der Waals surface area contributed by atoms with Crippen molar-refractivity contribution in [2.45, 2.75) is 70.3 Å². The first-order chi connectivity index (χ1) is 9.19. The summed E-state index contributed by atoms with van der Waals surface area (Å²) in [6, 6.07) is 0.267. The molecule has 2 saturated carbocycles.